The Balaban J connectivity index is 1.98. The SMILES string of the molecule is CN(C)CCc1ccnc(Nc2ccccc2C(=O)c2ccccc2)c1[N+](=O)[O-]. The summed E-state index contributed by atoms with van der Waals surface area (Å²) in [6.07, 6.45) is 2.06. The van der Waals surface area contributed by atoms with E-state index in [1.807, 2.05) is 25.1 Å². The third-order valence-electron chi connectivity index (χ3n) is 4.48. The van der Waals surface area contributed by atoms with Crippen LogP contribution in [0.2, 0.25) is 0 Å². The molecule has 29 heavy (non-hydrogen) atoms. The summed E-state index contributed by atoms with van der Waals surface area (Å²) in [6.45, 7) is 0.674. The van der Waals surface area contributed by atoms with Crippen LogP contribution in [0.3, 0.4) is 0 Å². The number of rotatable bonds is 8. The summed E-state index contributed by atoms with van der Waals surface area (Å²) in [7, 11) is 3.83. The molecule has 0 atom stereocenters. The minimum atomic E-state index is -0.429. The molecule has 1 N–H and O–H groups in total. The van der Waals surface area contributed by atoms with Gasteiger partial charge in [-0.1, -0.05) is 42.5 Å². The average molecular weight is 390 g/mol. The minimum Gasteiger partial charge on any atom is -0.334 e. The molecule has 3 aromatic rings. The number of carbonyl (C=O) groups is 1. The summed E-state index contributed by atoms with van der Waals surface area (Å²) in [5.41, 5.74) is 1.96. The average Bonchev–Trinajstić information content (AvgIpc) is 2.72. The number of para-hydroxylation sites is 1. The number of carbonyl (C=O) groups excluding carboxylic acids is 1. The van der Waals surface area contributed by atoms with E-state index in [2.05, 4.69) is 10.3 Å². The molecule has 0 unspecified atom stereocenters. The maximum absolute atomic E-state index is 12.9. The molecule has 3 rings (SSSR count). The first-order valence-corrected chi connectivity index (χ1v) is 9.20. The second-order valence-electron chi connectivity index (χ2n) is 6.84. The Hall–Kier alpha value is -3.58. The van der Waals surface area contributed by atoms with E-state index >= 15 is 0 Å². The highest BCUT2D eigenvalue weighted by Gasteiger charge is 2.23. The van der Waals surface area contributed by atoms with Crippen molar-refractivity contribution in [1.29, 1.82) is 0 Å². The first kappa shape index (κ1) is 20.2. The zero-order valence-corrected chi connectivity index (χ0v) is 16.3. The van der Waals surface area contributed by atoms with E-state index in [0.29, 0.717) is 35.3 Å². The van der Waals surface area contributed by atoms with Crippen LogP contribution in [-0.2, 0) is 6.42 Å². The second-order valence-corrected chi connectivity index (χ2v) is 6.84. The highest BCUT2D eigenvalue weighted by molar-refractivity contribution is 6.12. The quantitative estimate of drug-likeness (QED) is 0.354. The highest BCUT2D eigenvalue weighted by Crippen LogP contribution is 2.31. The summed E-state index contributed by atoms with van der Waals surface area (Å²) in [5.74, 6) is -0.0420. The maximum atomic E-state index is 12.9. The minimum absolute atomic E-state index is 0.0729. The Morgan fingerprint density at radius 2 is 1.76 bits per heavy atom. The van der Waals surface area contributed by atoms with Crippen molar-refractivity contribution in [3.63, 3.8) is 0 Å². The molecule has 0 fully saturated rings. The number of hydrogen-bond acceptors (Lipinski definition) is 6. The van der Waals surface area contributed by atoms with Gasteiger partial charge in [-0.2, -0.15) is 0 Å². The number of anilines is 2. The smallest absolute Gasteiger partial charge is 0.314 e. The monoisotopic (exact) mass is 390 g/mol. The van der Waals surface area contributed by atoms with Gasteiger partial charge in [0, 0.05) is 29.4 Å². The molecule has 1 aromatic heterocycles. The van der Waals surface area contributed by atoms with Crippen LogP contribution in [0.5, 0.6) is 0 Å². The molecule has 0 saturated carbocycles. The standard InChI is InChI=1S/C22H22N4O3/c1-25(2)15-13-16-12-14-23-22(20(16)26(28)29)24-19-11-7-6-10-18(19)21(27)17-8-4-3-5-9-17/h3-12,14H,13,15H2,1-2H3,(H,23,24). The van der Waals surface area contributed by atoms with Crippen molar-refractivity contribution in [3.8, 4) is 0 Å². The molecule has 7 heteroatoms. The fourth-order valence-corrected chi connectivity index (χ4v) is 3.00. The number of pyridine rings is 1. The first-order valence-electron chi connectivity index (χ1n) is 9.20. The number of hydrogen-bond donors (Lipinski definition) is 1. The molecule has 7 nitrogen and oxygen atoms in total. The zero-order valence-electron chi connectivity index (χ0n) is 16.3. The lowest BCUT2D eigenvalue weighted by Gasteiger charge is -2.13. The van der Waals surface area contributed by atoms with E-state index in [0.717, 1.165) is 0 Å². The van der Waals surface area contributed by atoms with Crippen LogP contribution in [0, 0.1) is 10.1 Å². The van der Waals surface area contributed by atoms with Crippen molar-refractivity contribution in [3.05, 3.63) is 93.7 Å². The van der Waals surface area contributed by atoms with Crippen LogP contribution in [0.1, 0.15) is 21.5 Å². The molecule has 0 saturated heterocycles. The van der Waals surface area contributed by atoms with Crippen LogP contribution in [-0.4, -0.2) is 41.2 Å². The third-order valence-corrected chi connectivity index (χ3v) is 4.48. The maximum Gasteiger partial charge on any atom is 0.314 e. The van der Waals surface area contributed by atoms with Crippen LogP contribution in [0.4, 0.5) is 17.2 Å². The predicted molar refractivity (Wildman–Crippen MR) is 113 cm³/mol. The molecule has 0 aliphatic carbocycles. The lowest BCUT2D eigenvalue weighted by Crippen LogP contribution is -2.16. The molecule has 0 spiro atoms. The van der Waals surface area contributed by atoms with Crippen LogP contribution in [0.15, 0.2) is 66.9 Å². The Bertz CT molecular complexity index is 1020. The van der Waals surface area contributed by atoms with Crippen molar-refractivity contribution in [2.24, 2.45) is 0 Å². The van der Waals surface area contributed by atoms with E-state index in [-0.39, 0.29) is 17.3 Å². The third kappa shape index (κ3) is 4.83. The zero-order chi connectivity index (χ0) is 20.8. The van der Waals surface area contributed by atoms with Crippen molar-refractivity contribution < 1.29 is 9.72 Å². The van der Waals surface area contributed by atoms with E-state index < -0.39 is 4.92 Å². The molecule has 0 aliphatic heterocycles. The lowest BCUT2D eigenvalue weighted by molar-refractivity contribution is -0.384. The topological polar surface area (TPSA) is 88.4 Å². The fraction of sp³-hybridized carbons (Fsp3) is 0.182. The molecule has 148 valence electrons. The van der Waals surface area contributed by atoms with Gasteiger partial charge in [0.25, 0.3) is 0 Å². The molecule has 0 radical (unpaired) electrons. The van der Waals surface area contributed by atoms with Crippen molar-refractivity contribution in [2.75, 3.05) is 26.0 Å². The normalized spacial score (nSPS) is 10.7. The molecular weight excluding hydrogens is 368 g/mol. The number of likely N-dealkylation sites (N-methyl/N-ethyl adjacent to an activating group) is 1. The van der Waals surface area contributed by atoms with Gasteiger partial charge in [-0.3, -0.25) is 14.9 Å². The van der Waals surface area contributed by atoms with Crippen LogP contribution >= 0.6 is 0 Å². The fourth-order valence-electron chi connectivity index (χ4n) is 3.00. The predicted octanol–water partition coefficient (Wildman–Crippen LogP) is 4.07. The molecule has 0 amide bonds. The summed E-state index contributed by atoms with van der Waals surface area (Å²) in [4.78, 5) is 30.4. The Labute approximate surface area is 169 Å². The van der Waals surface area contributed by atoms with Crippen LogP contribution < -0.4 is 5.32 Å². The molecule has 1 heterocycles. The van der Waals surface area contributed by atoms with Gasteiger partial charge in [-0.05, 0) is 38.7 Å². The summed E-state index contributed by atoms with van der Waals surface area (Å²) < 4.78 is 0. The number of benzene rings is 2. The summed E-state index contributed by atoms with van der Waals surface area (Å²) >= 11 is 0. The molecule has 0 aliphatic rings. The lowest BCUT2D eigenvalue weighted by atomic mass is 10.0. The largest absolute Gasteiger partial charge is 0.334 e. The molecule has 0 bridgehead atoms. The Kier molecular flexibility index (Phi) is 6.31. The Morgan fingerprint density at radius 1 is 1.07 bits per heavy atom. The molecular formula is C22H22N4O3. The van der Waals surface area contributed by atoms with Crippen molar-refractivity contribution >= 4 is 23.0 Å². The molecule has 2 aromatic carbocycles. The number of nitrogens with one attached hydrogen (secondary N) is 1. The Morgan fingerprint density at radius 3 is 2.45 bits per heavy atom. The van der Waals surface area contributed by atoms with Gasteiger partial charge < -0.3 is 10.2 Å². The van der Waals surface area contributed by atoms with E-state index in [1.165, 1.54) is 0 Å². The van der Waals surface area contributed by atoms with Gasteiger partial charge in [0.05, 0.1) is 10.6 Å². The highest BCUT2D eigenvalue weighted by atomic mass is 16.6. The van der Waals surface area contributed by atoms with Gasteiger partial charge in [0.15, 0.2) is 5.78 Å². The number of aromatic nitrogens is 1. The van der Waals surface area contributed by atoms with Crippen molar-refractivity contribution in [2.45, 2.75) is 6.42 Å². The van der Waals surface area contributed by atoms with Crippen LogP contribution in [0.25, 0.3) is 0 Å². The van der Waals surface area contributed by atoms with Gasteiger partial charge in [-0.25, -0.2) is 4.98 Å². The van der Waals surface area contributed by atoms with Gasteiger partial charge in [-0.15, -0.1) is 0 Å². The number of ketones is 1. The van der Waals surface area contributed by atoms with Gasteiger partial charge >= 0.3 is 5.69 Å². The van der Waals surface area contributed by atoms with E-state index in [9.17, 15) is 14.9 Å². The van der Waals surface area contributed by atoms with E-state index in [4.69, 9.17) is 0 Å². The van der Waals surface area contributed by atoms with E-state index in [1.54, 1.807) is 60.8 Å². The van der Waals surface area contributed by atoms with Gasteiger partial charge in [0.2, 0.25) is 5.82 Å². The first-order chi connectivity index (χ1) is 14.0. The van der Waals surface area contributed by atoms with Gasteiger partial charge in [0.1, 0.15) is 0 Å². The van der Waals surface area contributed by atoms with Crippen molar-refractivity contribution in [1.82, 2.24) is 9.88 Å². The number of nitrogens with zero attached hydrogens (tertiary/aromatic N) is 3. The number of nitro groups is 1. The summed E-state index contributed by atoms with van der Waals surface area (Å²) in [6, 6.07) is 17.5. The second kappa shape index (κ2) is 9.07. The summed E-state index contributed by atoms with van der Waals surface area (Å²) in [5, 5.41) is 14.8.